The Morgan fingerprint density at radius 2 is 2.15 bits per heavy atom. The molecule has 4 heteroatoms. The molecule has 76 valence electrons. The summed E-state index contributed by atoms with van der Waals surface area (Å²) in [7, 11) is 1.39. The van der Waals surface area contributed by atoms with E-state index in [1.54, 1.807) is 0 Å². The molecule has 3 aliphatic rings. The van der Waals surface area contributed by atoms with Gasteiger partial charge in [-0.3, -0.25) is 4.79 Å². The van der Waals surface area contributed by atoms with Gasteiger partial charge in [0.25, 0.3) is 0 Å². The Morgan fingerprint density at radius 1 is 1.62 bits per heavy atom. The van der Waals surface area contributed by atoms with Crippen LogP contribution in [0.2, 0.25) is 0 Å². The van der Waals surface area contributed by atoms with Crippen molar-refractivity contribution in [2.45, 2.75) is 31.7 Å². The Balaban J connectivity index is 0.000000845. The normalized spacial score (nSPS) is 36.3. The van der Waals surface area contributed by atoms with Crippen LogP contribution in [-0.2, 0) is 9.53 Å². The van der Waals surface area contributed by atoms with E-state index in [9.17, 15) is 4.79 Å². The number of ether oxygens (including phenoxy) is 1. The molecule has 13 heavy (non-hydrogen) atoms. The molecule has 1 atom stereocenters. The van der Waals surface area contributed by atoms with Gasteiger partial charge >= 0.3 is 5.97 Å². The lowest BCUT2D eigenvalue weighted by Gasteiger charge is -2.62. The lowest BCUT2D eigenvalue weighted by atomic mass is 9.43. The van der Waals surface area contributed by atoms with Gasteiger partial charge in [-0.1, -0.05) is 0 Å². The van der Waals surface area contributed by atoms with Gasteiger partial charge < -0.3 is 10.5 Å². The van der Waals surface area contributed by atoms with E-state index in [1.165, 1.54) is 26.4 Å². The van der Waals surface area contributed by atoms with E-state index >= 15 is 0 Å². The van der Waals surface area contributed by atoms with Gasteiger partial charge in [0.15, 0.2) is 0 Å². The van der Waals surface area contributed by atoms with Crippen LogP contribution in [0.4, 0.5) is 0 Å². The molecule has 3 nitrogen and oxygen atoms in total. The molecular weight excluding hydrogens is 190 g/mol. The average molecular weight is 206 g/mol. The van der Waals surface area contributed by atoms with Gasteiger partial charge in [-0.15, -0.1) is 12.4 Å². The Bertz CT molecular complexity index is 203. The van der Waals surface area contributed by atoms with Gasteiger partial charge in [0.1, 0.15) is 6.04 Å². The predicted molar refractivity (Wildman–Crippen MR) is 51.6 cm³/mol. The number of esters is 1. The highest BCUT2D eigenvalue weighted by Gasteiger charge is 2.56. The summed E-state index contributed by atoms with van der Waals surface area (Å²) in [6, 6.07) is -0.392. The van der Waals surface area contributed by atoms with Crippen molar-refractivity contribution < 1.29 is 9.53 Å². The van der Waals surface area contributed by atoms with Crippen molar-refractivity contribution in [1.82, 2.24) is 0 Å². The highest BCUT2D eigenvalue weighted by Crippen LogP contribution is 2.66. The first kappa shape index (κ1) is 10.8. The Hall–Kier alpha value is -0.280. The minimum Gasteiger partial charge on any atom is -0.468 e. The molecule has 3 fully saturated rings. The van der Waals surface area contributed by atoms with Gasteiger partial charge in [0.05, 0.1) is 7.11 Å². The minimum atomic E-state index is -0.392. The number of methoxy groups -OCH3 is 1. The lowest BCUT2D eigenvalue weighted by molar-refractivity contribution is -0.151. The molecule has 2 bridgehead atoms. The lowest BCUT2D eigenvalue weighted by Crippen LogP contribution is -2.55. The van der Waals surface area contributed by atoms with E-state index in [4.69, 9.17) is 5.73 Å². The molecule has 0 radical (unpaired) electrons. The van der Waals surface area contributed by atoms with Crippen LogP contribution < -0.4 is 5.73 Å². The minimum absolute atomic E-state index is 0. The topological polar surface area (TPSA) is 52.3 Å². The monoisotopic (exact) mass is 205 g/mol. The third kappa shape index (κ3) is 1.67. The second kappa shape index (κ2) is 3.46. The predicted octanol–water partition coefficient (Wildman–Crippen LogP) is 1.10. The zero-order valence-electron chi connectivity index (χ0n) is 7.79. The summed E-state index contributed by atoms with van der Waals surface area (Å²) in [6.07, 6.45) is 4.70. The van der Waals surface area contributed by atoms with Crippen LogP contribution in [0.5, 0.6) is 0 Å². The number of nitrogens with two attached hydrogens (primary N) is 1. The number of hydrogen-bond acceptors (Lipinski definition) is 3. The van der Waals surface area contributed by atoms with Crippen LogP contribution in [0, 0.1) is 11.3 Å². The maximum Gasteiger partial charge on any atom is 0.322 e. The number of carbonyl (C=O) groups is 1. The van der Waals surface area contributed by atoms with E-state index in [-0.39, 0.29) is 18.4 Å². The maximum atomic E-state index is 11.0. The molecule has 0 saturated heterocycles. The van der Waals surface area contributed by atoms with Crippen molar-refractivity contribution in [3.8, 4) is 0 Å². The number of carbonyl (C=O) groups excluding carboxylic acids is 1. The van der Waals surface area contributed by atoms with Crippen LogP contribution in [-0.4, -0.2) is 19.1 Å². The molecule has 3 aliphatic carbocycles. The molecule has 3 saturated carbocycles. The summed E-state index contributed by atoms with van der Waals surface area (Å²) < 4.78 is 4.58. The second-order valence-electron chi connectivity index (χ2n) is 4.31. The molecule has 0 amide bonds. The Morgan fingerprint density at radius 3 is 2.46 bits per heavy atom. The number of halogens is 1. The third-order valence-electron chi connectivity index (χ3n) is 3.32. The fourth-order valence-corrected chi connectivity index (χ4v) is 2.61. The zero-order chi connectivity index (χ0) is 8.77. The molecule has 0 aromatic heterocycles. The highest BCUT2D eigenvalue weighted by atomic mass is 35.5. The highest BCUT2D eigenvalue weighted by molar-refractivity contribution is 5.85. The van der Waals surface area contributed by atoms with E-state index in [2.05, 4.69) is 4.74 Å². The molecular formula is C9H16ClNO2. The SMILES string of the molecule is COC(=O)[C@@H](N)CC12CC(C1)C2.Cl. The van der Waals surface area contributed by atoms with E-state index in [1.807, 2.05) is 0 Å². The van der Waals surface area contributed by atoms with Gasteiger partial charge in [-0.05, 0) is 37.0 Å². The van der Waals surface area contributed by atoms with Gasteiger partial charge in [0, 0.05) is 0 Å². The Labute approximate surface area is 84.4 Å². The fraction of sp³-hybridized carbons (Fsp3) is 0.889. The standard InChI is InChI=1S/C9H15NO2.ClH/c1-12-8(11)7(10)5-9-2-6(3-9)4-9;/h6-7H,2-5,10H2,1H3;1H/t6?,7-,9?;/m0./s1. The van der Waals surface area contributed by atoms with Crippen LogP contribution >= 0.6 is 12.4 Å². The molecule has 0 aliphatic heterocycles. The number of rotatable bonds is 3. The van der Waals surface area contributed by atoms with Gasteiger partial charge in [-0.25, -0.2) is 0 Å². The van der Waals surface area contributed by atoms with Crippen molar-refractivity contribution in [2.24, 2.45) is 17.1 Å². The molecule has 3 rings (SSSR count). The third-order valence-corrected chi connectivity index (χ3v) is 3.32. The summed E-state index contributed by atoms with van der Waals surface area (Å²) >= 11 is 0. The summed E-state index contributed by atoms with van der Waals surface area (Å²) in [5.74, 6) is 0.689. The first-order valence-electron chi connectivity index (χ1n) is 4.49. The van der Waals surface area contributed by atoms with Crippen molar-refractivity contribution in [2.75, 3.05) is 7.11 Å². The molecule has 2 N–H and O–H groups in total. The van der Waals surface area contributed by atoms with E-state index in [0.29, 0.717) is 5.41 Å². The molecule has 0 aromatic rings. The molecule has 0 aromatic carbocycles. The summed E-state index contributed by atoms with van der Waals surface area (Å²) in [6.45, 7) is 0. The average Bonchev–Trinajstić information content (AvgIpc) is 1.92. The van der Waals surface area contributed by atoms with Gasteiger partial charge in [0.2, 0.25) is 0 Å². The molecule has 0 heterocycles. The first-order valence-corrected chi connectivity index (χ1v) is 4.49. The van der Waals surface area contributed by atoms with Crippen molar-refractivity contribution in [1.29, 1.82) is 0 Å². The quantitative estimate of drug-likeness (QED) is 0.702. The maximum absolute atomic E-state index is 11.0. The van der Waals surface area contributed by atoms with Crippen molar-refractivity contribution >= 4 is 18.4 Å². The first-order chi connectivity index (χ1) is 5.65. The van der Waals surface area contributed by atoms with Crippen molar-refractivity contribution in [3.63, 3.8) is 0 Å². The summed E-state index contributed by atoms with van der Waals surface area (Å²) in [5.41, 5.74) is 6.12. The molecule has 0 spiro atoms. The zero-order valence-corrected chi connectivity index (χ0v) is 8.60. The van der Waals surface area contributed by atoms with Crippen molar-refractivity contribution in [3.05, 3.63) is 0 Å². The second-order valence-corrected chi connectivity index (χ2v) is 4.31. The van der Waals surface area contributed by atoms with Crippen LogP contribution in [0.15, 0.2) is 0 Å². The Kier molecular flexibility index (Phi) is 2.88. The van der Waals surface area contributed by atoms with Crippen LogP contribution in [0.3, 0.4) is 0 Å². The van der Waals surface area contributed by atoms with Gasteiger partial charge in [-0.2, -0.15) is 0 Å². The smallest absolute Gasteiger partial charge is 0.322 e. The van der Waals surface area contributed by atoms with Crippen LogP contribution in [0.25, 0.3) is 0 Å². The summed E-state index contributed by atoms with van der Waals surface area (Å²) in [4.78, 5) is 11.0. The fourth-order valence-electron chi connectivity index (χ4n) is 2.61. The van der Waals surface area contributed by atoms with E-state index < -0.39 is 6.04 Å². The van der Waals surface area contributed by atoms with Crippen LogP contribution in [0.1, 0.15) is 25.7 Å². The molecule has 0 unspecified atom stereocenters. The number of hydrogen-bond donors (Lipinski definition) is 1. The largest absolute Gasteiger partial charge is 0.468 e. The summed E-state index contributed by atoms with van der Waals surface area (Å²) in [5, 5.41) is 0. The van der Waals surface area contributed by atoms with E-state index in [0.717, 1.165) is 12.3 Å².